The molecule has 5 nitrogen and oxygen atoms in total. The highest BCUT2D eigenvalue weighted by Crippen LogP contribution is 2.27. The van der Waals surface area contributed by atoms with Gasteiger partial charge in [0.25, 0.3) is 5.91 Å². The van der Waals surface area contributed by atoms with Crippen molar-refractivity contribution in [1.29, 1.82) is 0 Å². The first-order valence-electron chi connectivity index (χ1n) is 7.42. The second-order valence-corrected chi connectivity index (χ2v) is 5.75. The molecule has 23 heavy (non-hydrogen) atoms. The number of anilines is 2. The number of H-pyrrole nitrogens is 1. The van der Waals surface area contributed by atoms with Gasteiger partial charge in [0.05, 0.1) is 12.0 Å². The molecule has 1 aliphatic heterocycles. The van der Waals surface area contributed by atoms with Gasteiger partial charge in [-0.05, 0) is 36.2 Å². The maximum atomic E-state index is 12.6. The van der Waals surface area contributed by atoms with E-state index in [4.69, 9.17) is 0 Å². The van der Waals surface area contributed by atoms with Gasteiger partial charge in [0.2, 0.25) is 5.91 Å². The Morgan fingerprint density at radius 1 is 1.22 bits per heavy atom. The van der Waals surface area contributed by atoms with E-state index in [9.17, 15) is 9.59 Å². The number of hydrogen-bond acceptors (Lipinski definition) is 2. The molecule has 3 aromatic rings. The number of hydrogen-bond donors (Lipinski definition) is 3. The Kier molecular flexibility index (Phi) is 2.94. The lowest BCUT2D eigenvalue weighted by Gasteiger charge is -2.06. The first-order chi connectivity index (χ1) is 11.1. The first-order valence-corrected chi connectivity index (χ1v) is 7.42. The van der Waals surface area contributed by atoms with E-state index in [2.05, 4.69) is 15.6 Å². The molecule has 0 bridgehead atoms. The summed E-state index contributed by atoms with van der Waals surface area (Å²) in [5, 5.41) is 6.58. The molecule has 2 amide bonds. The van der Waals surface area contributed by atoms with Gasteiger partial charge in [-0.15, -0.1) is 0 Å². The molecule has 0 saturated carbocycles. The number of carbonyl (C=O) groups excluding carboxylic acids is 2. The highest BCUT2D eigenvalue weighted by Gasteiger charge is 2.19. The molecule has 0 spiro atoms. The Balaban J connectivity index is 1.64. The topological polar surface area (TPSA) is 74.0 Å². The Hall–Kier alpha value is -3.08. The predicted molar refractivity (Wildman–Crippen MR) is 89.8 cm³/mol. The van der Waals surface area contributed by atoms with Crippen molar-refractivity contribution in [1.82, 2.24) is 4.98 Å². The number of rotatable bonds is 2. The van der Waals surface area contributed by atoms with Gasteiger partial charge < -0.3 is 15.6 Å². The number of amides is 2. The van der Waals surface area contributed by atoms with E-state index in [1.165, 1.54) is 0 Å². The van der Waals surface area contributed by atoms with Crippen LogP contribution in [0.3, 0.4) is 0 Å². The molecule has 0 radical (unpaired) electrons. The van der Waals surface area contributed by atoms with Crippen LogP contribution < -0.4 is 10.6 Å². The Labute approximate surface area is 132 Å². The Morgan fingerprint density at radius 2 is 2.09 bits per heavy atom. The third-order valence-corrected chi connectivity index (χ3v) is 4.16. The zero-order valence-electron chi connectivity index (χ0n) is 12.6. The van der Waals surface area contributed by atoms with Gasteiger partial charge in [0.15, 0.2) is 0 Å². The number of para-hydroxylation sites is 1. The van der Waals surface area contributed by atoms with Gasteiger partial charge in [0, 0.05) is 28.5 Å². The van der Waals surface area contributed by atoms with Crippen molar-refractivity contribution in [2.45, 2.75) is 13.3 Å². The van der Waals surface area contributed by atoms with Crippen LogP contribution in [0.4, 0.5) is 11.4 Å². The van der Waals surface area contributed by atoms with Crippen molar-refractivity contribution < 1.29 is 9.59 Å². The SMILES string of the molecule is Cc1cccc2c(C(=O)Nc3ccc4c(c3)CC(=O)N4)c[nH]c12. The largest absolute Gasteiger partial charge is 0.360 e. The van der Waals surface area contributed by atoms with Crippen LogP contribution in [-0.2, 0) is 11.2 Å². The summed E-state index contributed by atoms with van der Waals surface area (Å²) >= 11 is 0. The molecule has 0 unspecified atom stereocenters. The number of aromatic amines is 1. The van der Waals surface area contributed by atoms with Crippen LogP contribution in [0.2, 0.25) is 0 Å². The average Bonchev–Trinajstić information content (AvgIpc) is 3.10. The molecule has 3 N–H and O–H groups in total. The first kappa shape index (κ1) is 13.6. The van der Waals surface area contributed by atoms with Crippen LogP contribution in [0.1, 0.15) is 21.5 Å². The van der Waals surface area contributed by atoms with Crippen molar-refractivity contribution >= 4 is 34.1 Å². The summed E-state index contributed by atoms with van der Waals surface area (Å²) in [5.74, 6) is -0.185. The lowest BCUT2D eigenvalue weighted by atomic mass is 10.1. The minimum Gasteiger partial charge on any atom is -0.360 e. The van der Waals surface area contributed by atoms with Gasteiger partial charge >= 0.3 is 0 Å². The molecule has 2 aromatic carbocycles. The van der Waals surface area contributed by atoms with E-state index in [1.54, 1.807) is 12.3 Å². The van der Waals surface area contributed by atoms with Crippen LogP contribution >= 0.6 is 0 Å². The molecule has 0 atom stereocenters. The van der Waals surface area contributed by atoms with Crippen LogP contribution in [-0.4, -0.2) is 16.8 Å². The molecular formula is C18H15N3O2. The number of benzene rings is 2. The summed E-state index contributed by atoms with van der Waals surface area (Å²) in [6, 6.07) is 11.3. The van der Waals surface area contributed by atoms with Gasteiger partial charge in [-0.25, -0.2) is 0 Å². The van der Waals surface area contributed by atoms with E-state index in [-0.39, 0.29) is 11.8 Å². The van der Waals surface area contributed by atoms with Gasteiger partial charge in [0.1, 0.15) is 0 Å². The van der Waals surface area contributed by atoms with E-state index in [0.717, 1.165) is 27.7 Å². The normalized spacial score (nSPS) is 13.0. The minimum absolute atomic E-state index is 0.0180. The number of carbonyl (C=O) groups is 2. The van der Waals surface area contributed by atoms with E-state index >= 15 is 0 Å². The molecule has 4 rings (SSSR count). The van der Waals surface area contributed by atoms with Crippen molar-refractivity contribution in [2.24, 2.45) is 0 Å². The summed E-state index contributed by atoms with van der Waals surface area (Å²) in [5.41, 5.74) is 5.09. The Bertz CT molecular complexity index is 956. The second kappa shape index (κ2) is 4.98. The fourth-order valence-corrected chi connectivity index (χ4v) is 3.00. The Morgan fingerprint density at radius 3 is 2.96 bits per heavy atom. The molecule has 2 heterocycles. The van der Waals surface area contributed by atoms with E-state index < -0.39 is 0 Å². The molecule has 0 fully saturated rings. The molecule has 5 heteroatoms. The van der Waals surface area contributed by atoms with Crippen molar-refractivity contribution in [3.05, 3.63) is 59.3 Å². The summed E-state index contributed by atoms with van der Waals surface area (Å²) in [7, 11) is 0. The number of aromatic nitrogens is 1. The summed E-state index contributed by atoms with van der Waals surface area (Å²) < 4.78 is 0. The second-order valence-electron chi connectivity index (χ2n) is 5.75. The molecule has 0 saturated heterocycles. The van der Waals surface area contributed by atoms with Crippen molar-refractivity contribution in [3.8, 4) is 0 Å². The van der Waals surface area contributed by atoms with Crippen LogP contribution in [0.15, 0.2) is 42.6 Å². The summed E-state index contributed by atoms with van der Waals surface area (Å²) in [6.07, 6.45) is 2.08. The number of fused-ring (bicyclic) bond motifs is 2. The minimum atomic E-state index is -0.168. The zero-order valence-corrected chi connectivity index (χ0v) is 12.6. The predicted octanol–water partition coefficient (Wildman–Crippen LogP) is 3.22. The van der Waals surface area contributed by atoms with Crippen LogP contribution in [0.25, 0.3) is 10.9 Å². The lowest BCUT2D eigenvalue weighted by Crippen LogP contribution is -2.11. The van der Waals surface area contributed by atoms with Crippen molar-refractivity contribution in [3.63, 3.8) is 0 Å². The molecule has 114 valence electrons. The smallest absolute Gasteiger partial charge is 0.257 e. The monoisotopic (exact) mass is 305 g/mol. The fourth-order valence-electron chi connectivity index (χ4n) is 3.00. The highest BCUT2D eigenvalue weighted by molar-refractivity contribution is 6.13. The van der Waals surface area contributed by atoms with E-state index in [0.29, 0.717) is 17.7 Å². The number of aryl methyl sites for hydroxylation is 1. The van der Waals surface area contributed by atoms with Crippen LogP contribution in [0, 0.1) is 6.92 Å². The molecular weight excluding hydrogens is 290 g/mol. The maximum absolute atomic E-state index is 12.6. The lowest BCUT2D eigenvalue weighted by molar-refractivity contribution is -0.115. The molecule has 1 aliphatic rings. The van der Waals surface area contributed by atoms with Crippen LogP contribution in [0.5, 0.6) is 0 Å². The molecule has 1 aromatic heterocycles. The number of nitrogens with one attached hydrogen (secondary N) is 3. The maximum Gasteiger partial charge on any atom is 0.257 e. The molecule has 0 aliphatic carbocycles. The van der Waals surface area contributed by atoms with Gasteiger partial charge in [-0.3, -0.25) is 9.59 Å². The van der Waals surface area contributed by atoms with Crippen molar-refractivity contribution in [2.75, 3.05) is 10.6 Å². The van der Waals surface area contributed by atoms with Gasteiger partial charge in [-0.2, -0.15) is 0 Å². The van der Waals surface area contributed by atoms with E-state index in [1.807, 2.05) is 37.3 Å². The highest BCUT2D eigenvalue weighted by atomic mass is 16.2. The zero-order chi connectivity index (χ0) is 16.0. The third kappa shape index (κ3) is 2.26. The summed E-state index contributed by atoms with van der Waals surface area (Å²) in [6.45, 7) is 2.00. The fraction of sp³-hybridized carbons (Fsp3) is 0.111. The summed E-state index contributed by atoms with van der Waals surface area (Å²) in [4.78, 5) is 27.1. The third-order valence-electron chi connectivity index (χ3n) is 4.16. The average molecular weight is 305 g/mol. The standard InChI is InChI=1S/C18H15N3O2/c1-10-3-2-4-13-14(9-19-17(10)13)18(23)20-12-5-6-15-11(7-12)8-16(22)21-15/h2-7,9,19H,8H2,1H3,(H,20,23)(H,21,22). The quantitative estimate of drug-likeness (QED) is 0.680. The van der Waals surface area contributed by atoms with Gasteiger partial charge in [-0.1, -0.05) is 18.2 Å².